The number of hydrogen-bond donors (Lipinski definition) is 2. The van der Waals surface area contributed by atoms with E-state index in [1.807, 2.05) is 6.92 Å². The first-order valence-electron chi connectivity index (χ1n) is 5.66. The van der Waals surface area contributed by atoms with E-state index in [1.165, 1.54) is 32.1 Å². The standard InChI is InChI=1S/C11H21NO/c1-11(13)7-3-2-5-9(11)10-6-4-8-12-10/h9-10,12-13H,2-8H2,1H3/t9-,10+,11+/m1/s1. The molecule has 2 N–H and O–H groups in total. The molecule has 0 radical (unpaired) electrons. The number of aliphatic hydroxyl groups is 1. The third-order valence-corrected chi connectivity index (χ3v) is 3.83. The first kappa shape index (κ1) is 9.47. The molecule has 0 amide bonds. The molecule has 1 saturated heterocycles. The van der Waals surface area contributed by atoms with E-state index in [4.69, 9.17) is 0 Å². The molecule has 2 aliphatic rings. The van der Waals surface area contributed by atoms with Crippen molar-refractivity contribution in [3.05, 3.63) is 0 Å². The fourth-order valence-electron chi connectivity index (χ4n) is 3.03. The molecule has 0 aromatic heterocycles. The largest absolute Gasteiger partial charge is 0.390 e. The zero-order valence-corrected chi connectivity index (χ0v) is 8.55. The summed E-state index contributed by atoms with van der Waals surface area (Å²) in [5, 5.41) is 13.8. The van der Waals surface area contributed by atoms with Crippen LogP contribution in [0.2, 0.25) is 0 Å². The van der Waals surface area contributed by atoms with Gasteiger partial charge in [0, 0.05) is 12.0 Å². The second kappa shape index (κ2) is 3.58. The zero-order valence-electron chi connectivity index (χ0n) is 8.55. The lowest BCUT2D eigenvalue weighted by molar-refractivity contribution is -0.0442. The van der Waals surface area contributed by atoms with E-state index in [1.54, 1.807) is 0 Å². The van der Waals surface area contributed by atoms with E-state index >= 15 is 0 Å². The molecule has 1 aliphatic carbocycles. The molecule has 0 bridgehead atoms. The maximum absolute atomic E-state index is 10.3. The van der Waals surface area contributed by atoms with Gasteiger partial charge in [0.2, 0.25) is 0 Å². The van der Waals surface area contributed by atoms with E-state index in [9.17, 15) is 5.11 Å². The molecule has 2 rings (SSSR count). The first-order valence-corrected chi connectivity index (χ1v) is 5.66. The van der Waals surface area contributed by atoms with Crippen molar-refractivity contribution in [2.45, 2.75) is 57.1 Å². The Balaban J connectivity index is 2.02. The first-order chi connectivity index (χ1) is 6.20. The minimum atomic E-state index is -0.403. The molecular weight excluding hydrogens is 162 g/mol. The Bertz CT molecular complexity index is 173. The van der Waals surface area contributed by atoms with Crippen LogP contribution >= 0.6 is 0 Å². The van der Waals surface area contributed by atoms with Gasteiger partial charge in [-0.25, -0.2) is 0 Å². The van der Waals surface area contributed by atoms with E-state index < -0.39 is 5.60 Å². The molecule has 0 aromatic carbocycles. The summed E-state index contributed by atoms with van der Waals surface area (Å²) >= 11 is 0. The third kappa shape index (κ3) is 1.89. The van der Waals surface area contributed by atoms with E-state index in [2.05, 4.69) is 5.32 Å². The molecule has 3 atom stereocenters. The van der Waals surface area contributed by atoms with E-state index in [0.29, 0.717) is 12.0 Å². The van der Waals surface area contributed by atoms with E-state index in [0.717, 1.165) is 13.0 Å². The van der Waals surface area contributed by atoms with Gasteiger partial charge in [-0.3, -0.25) is 0 Å². The second-order valence-corrected chi connectivity index (χ2v) is 4.91. The van der Waals surface area contributed by atoms with Crippen LogP contribution in [0.5, 0.6) is 0 Å². The van der Waals surface area contributed by atoms with Gasteiger partial charge in [-0.05, 0) is 39.2 Å². The maximum atomic E-state index is 10.3. The smallest absolute Gasteiger partial charge is 0.0662 e. The Hall–Kier alpha value is -0.0800. The van der Waals surface area contributed by atoms with Gasteiger partial charge >= 0.3 is 0 Å². The second-order valence-electron chi connectivity index (χ2n) is 4.91. The summed E-state index contributed by atoms with van der Waals surface area (Å²) in [4.78, 5) is 0. The Kier molecular flexibility index (Phi) is 2.61. The summed E-state index contributed by atoms with van der Waals surface area (Å²) in [6, 6.07) is 0.593. The Morgan fingerprint density at radius 2 is 2.08 bits per heavy atom. The van der Waals surface area contributed by atoms with Crippen LogP contribution in [0.1, 0.15) is 45.4 Å². The van der Waals surface area contributed by atoms with Crippen molar-refractivity contribution in [3.63, 3.8) is 0 Å². The van der Waals surface area contributed by atoms with Crippen molar-refractivity contribution >= 4 is 0 Å². The number of hydrogen-bond acceptors (Lipinski definition) is 2. The third-order valence-electron chi connectivity index (χ3n) is 3.83. The van der Waals surface area contributed by atoms with Crippen LogP contribution < -0.4 is 5.32 Å². The van der Waals surface area contributed by atoms with Crippen molar-refractivity contribution in [2.75, 3.05) is 6.54 Å². The van der Waals surface area contributed by atoms with Crippen molar-refractivity contribution in [1.29, 1.82) is 0 Å². The lowest BCUT2D eigenvalue weighted by Crippen LogP contribution is -2.47. The fraction of sp³-hybridized carbons (Fsp3) is 1.00. The Morgan fingerprint density at radius 3 is 2.69 bits per heavy atom. The molecule has 2 heteroatoms. The summed E-state index contributed by atoms with van der Waals surface area (Å²) in [5.74, 6) is 0.503. The number of rotatable bonds is 1. The van der Waals surface area contributed by atoms with Crippen LogP contribution in [-0.4, -0.2) is 23.3 Å². The molecule has 0 aromatic rings. The van der Waals surface area contributed by atoms with Crippen molar-refractivity contribution < 1.29 is 5.11 Å². The molecule has 0 unspecified atom stereocenters. The van der Waals surface area contributed by atoms with Crippen LogP contribution in [0.3, 0.4) is 0 Å². The molecule has 13 heavy (non-hydrogen) atoms. The average molecular weight is 183 g/mol. The molecule has 2 nitrogen and oxygen atoms in total. The highest BCUT2D eigenvalue weighted by molar-refractivity contribution is 4.94. The van der Waals surface area contributed by atoms with Crippen molar-refractivity contribution in [3.8, 4) is 0 Å². The monoisotopic (exact) mass is 183 g/mol. The predicted molar refractivity (Wildman–Crippen MR) is 53.6 cm³/mol. The molecule has 0 spiro atoms. The zero-order chi connectivity index (χ0) is 9.31. The van der Waals surface area contributed by atoms with Crippen LogP contribution in [-0.2, 0) is 0 Å². The highest BCUT2D eigenvalue weighted by atomic mass is 16.3. The van der Waals surface area contributed by atoms with E-state index in [-0.39, 0.29) is 0 Å². The minimum Gasteiger partial charge on any atom is -0.390 e. The van der Waals surface area contributed by atoms with Gasteiger partial charge in [0.25, 0.3) is 0 Å². The van der Waals surface area contributed by atoms with Gasteiger partial charge in [0.1, 0.15) is 0 Å². The molecule has 2 fully saturated rings. The van der Waals surface area contributed by atoms with Gasteiger partial charge < -0.3 is 10.4 Å². The lowest BCUT2D eigenvalue weighted by atomic mass is 9.72. The van der Waals surface area contributed by atoms with Crippen LogP contribution in [0, 0.1) is 5.92 Å². The fourth-order valence-corrected chi connectivity index (χ4v) is 3.03. The summed E-state index contributed by atoms with van der Waals surface area (Å²) < 4.78 is 0. The van der Waals surface area contributed by atoms with Gasteiger partial charge in [0.15, 0.2) is 0 Å². The van der Waals surface area contributed by atoms with Gasteiger partial charge in [-0.2, -0.15) is 0 Å². The predicted octanol–water partition coefficient (Wildman–Crippen LogP) is 1.68. The van der Waals surface area contributed by atoms with Crippen LogP contribution in [0.4, 0.5) is 0 Å². The van der Waals surface area contributed by atoms with Gasteiger partial charge in [-0.15, -0.1) is 0 Å². The SMILES string of the molecule is C[C@]1(O)CCCC[C@@H]1[C@@H]1CCCN1. The highest BCUT2D eigenvalue weighted by Gasteiger charge is 2.39. The average Bonchev–Trinajstić information content (AvgIpc) is 2.55. The van der Waals surface area contributed by atoms with Crippen LogP contribution in [0.25, 0.3) is 0 Å². The Morgan fingerprint density at radius 1 is 1.23 bits per heavy atom. The van der Waals surface area contributed by atoms with Crippen molar-refractivity contribution in [1.82, 2.24) is 5.32 Å². The lowest BCUT2D eigenvalue weighted by Gasteiger charge is -2.40. The highest BCUT2D eigenvalue weighted by Crippen LogP contribution is 2.37. The summed E-state index contributed by atoms with van der Waals surface area (Å²) in [7, 11) is 0. The maximum Gasteiger partial charge on any atom is 0.0662 e. The summed E-state index contributed by atoms with van der Waals surface area (Å²) in [6.45, 7) is 3.17. The molecule has 1 aliphatic heterocycles. The quantitative estimate of drug-likeness (QED) is 0.648. The van der Waals surface area contributed by atoms with Gasteiger partial charge in [-0.1, -0.05) is 12.8 Å². The van der Waals surface area contributed by atoms with Crippen molar-refractivity contribution in [2.24, 2.45) is 5.92 Å². The minimum absolute atomic E-state index is 0.403. The Labute approximate surface area is 80.7 Å². The number of nitrogens with one attached hydrogen (secondary N) is 1. The van der Waals surface area contributed by atoms with Gasteiger partial charge in [0.05, 0.1) is 5.60 Å². The summed E-state index contributed by atoms with van der Waals surface area (Å²) in [5.41, 5.74) is -0.403. The molecule has 1 saturated carbocycles. The van der Waals surface area contributed by atoms with Crippen LogP contribution in [0.15, 0.2) is 0 Å². The summed E-state index contributed by atoms with van der Waals surface area (Å²) in [6.07, 6.45) is 7.27. The normalized spacial score (nSPS) is 46.6. The topological polar surface area (TPSA) is 32.3 Å². The molecule has 76 valence electrons. The molecule has 1 heterocycles. The molecular formula is C11H21NO.